The predicted octanol–water partition coefficient (Wildman–Crippen LogP) is 4.30. The van der Waals surface area contributed by atoms with Crippen LogP contribution in [0.15, 0.2) is 46.9 Å². The fourth-order valence-corrected chi connectivity index (χ4v) is 2.45. The third kappa shape index (κ3) is 2.81. The number of fused-ring (bicyclic) bond motifs is 1. The Labute approximate surface area is 120 Å². The van der Waals surface area contributed by atoms with Gasteiger partial charge >= 0.3 is 0 Å². The molecular formula is C17H14F2O2. The number of hydrogen-bond acceptors (Lipinski definition) is 2. The molecule has 2 nitrogen and oxygen atoms in total. The highest BCUT2D eigenvalue weighted by Crippen LogP contribution is 2.28. The molecule has 3 aromatic rings. The maximum atomic E-state index is 13.2. The van der Waals surface area contributed by atoms with Crippen molar-refractivity contribution in [3.8, 4) is 0 Å². The van der Waals surface area contributed by atoms with E-state index in [4.69, 9.17) is 4.42 Å². The molecule has 0 saturated carbocycles. The number of rotatable bonds is 3. The summed E-state index contributed by atoms with van der Waals surface area (Å²) in [5.74, 6) is -0.917. The lowest BCUT2D eigenvalue weighted by molar-refractivity contribution is 0.152. The summed E-state index contributed by atoms with van der Waals surface area (Å²) in [5, 5.41) is 11.1. The summed E-state index contributed by atoms with van der Waals surface area (Å²) in [6.45, 7) is 1.92. The van der Waals surface area contributed by atoms with Crippen molar-refractivity contribution in [2.75, 3.05) is 0 Å². The minimum absolute atomic E-state index is 0.0908. The number of aliphatic hydroxyl groups is 1. The summed E-state index contributed by atoms with van der Waals surface area (Å²) >= 11 is 0. The standard InChI is InChI=1S/C17H14F2O2/c1-10-3-2-4-12-8-16(21-17(10)12)15(20)7-11-5-13(18)9-14(19)6-11/h2-6,8-9,15,20H,7H2,1H3. The topological polar surface area (TPSA) is 33.4 Å². The Hall–Kier alpha value is -2.20. The second kappa shape index (κ2) is 5.30. The van der Waals surface area contributed by atoms with Crippen molar-refractivity contribution in [2.24, 2.45) is 0 Å². The van der Waals surface area contributed by atoms with E-state index in [1.165, 1.54) is 12.1 Å². The van der Waals surface area contributed by atoms with E-state index in [0.29, 0.717) is 11.3 Å². The molecule has 0 amide bonds. The number of halogens is 2. The number of benzene rings is 2. The molecule has 0 spiro atoms. The van der Waals surface area contributed by atoms with Crippen LogP contribution in [0.2, 0.25) is 0 Å². The van der Waals surface area contributed by atoms with Gasteiger partial charge in [0, 0.05) is 17.9 Å². The first kappa shape index (κ1) is 13.8. The van der Waals surface area contributed by atoms with Gasteiger partial charge in [0.25, 0.3) is 0 Å². The van der Waals surface area contributed by atoms with Gasteiger partial charge in [-0.15, -0.1) is 0 Å². The molecule has 1 N–H and O–H groups in total. The summed E-state index contributed by atoms with van der Waals surface area (Å²) in [4.78, 5) is 0. The van der Waals surface area contributed by atoms with Crippen LogP contribution in [-0.4, -0.2) is 5.11 Å². The Morgan fingerprint density at radius 2 is 1.81 bits per heavy atom. The number of aliphatic hydroxyl groups excluding tert-OH is 1. The Kier molecular flexibility index (Phi) is 3.47. The number of para-hydroxylation sites is 1. The summed E-state index contributed by atoms with van der Waals surface area (Å²) in [7, 11) is 0. The predicted molar refractivity (Wildman–Crippen MR) is 76.0 cm³/mol. The van der Waals surface area contributed by atoms with Crippen LogP contribution in [0, 0.1) is 18.6 Å². The van der Waals surface area contributed by atoms with Gasteiger partial charge in [-0.05, 0) is 36.2 Å². The molecule has 108 valence electrons. The molecule has 0 fully saturated rings. The lowest BCUT2D eigenvalue weighted by atomic mass is 10.1. The molecule has 2 aromatic carbocycles. The third-order valence-corrected chi connectivity index (χ3v) is 3.44. The van der Waals surface area contributed by atoms with Crippen molar-refractivity contribution in [2.45, 2.75) is 19.4 Å². The first-order chi connectivity index (χ1) is 10.0. The van der Waals surface area contributed by atoms with E-state index >= 15 is 0 Å². The van der Waals surface area contributed by atoms with Gasteiger partial charge in [-0.1, -0.05) is 18.2 Å². The highest BCUT2D eigenvalue weighted by atomic mass is 19.1. The molecule has 3 rings (SSSR count). The SMILES string of the molecule is Cc1cccc2cc(C(O)Cc3cc(F)cc(F)c3)oc12. The van der Waals surface area contributed by atoms with E-state index in [2.05, 4.69) is 0 Å². The monoisotopic (exact) mass is 288 g/mol. The summed E-state index contributed by atoms with van der Waals surface area (Å²) in [5.41, 5.74) is 2.08. The quantitative estimate of drug-likeness (QED) is 0.779. The fourth-order valence-electron chi connectivity index (χ4n) is 2.45. The molecule has 0 aliphatic carbocycles. The minimum atomic E-state index is -0.946. The molecule has 4 heteroatoms. The summed E-state index contributed by atoms with van der Waals surface area (Å²) < 4.78 is 32.0. The van der Waals surface area contributed by atoms with Gasteiger partial charge in [0.2, 0.25) is 0 Å². The van der Waals surface area contributed by atoms with E-state index in [0.717, 1.165) is 22.6 Å². The van der Waals surface area contributed by atoms with Crippen LogP contribution < -0.4 is 0 Å². The zero-order valence-corrected chi connectivity index (χ0v) is 11.4. The summed E-state index contributed by atoms with van der Waals surface area (Å²) in [6, 6.07) is 10.7. The molecule has 1 aromatic heterocycles. The van der Waals surface area contributed by atoms with Gasteiger partial charge in [-0.2, -0.15) is 0 Å². The Balaban J connectivity index is 1.89. The van der Waals surface area contributed by atoms with Crippen molar-refractivity contribution < 1.29 is 18.3 Å². The summed E-state index contributed by atoms with van der Waals surface area (Å²) in [6.07, 6.45) is -0.855. The molecule has 0 aliphatic rings. The number of furan rings is 1. The van der Waals surface area contributed by atoms with Gasteiger partial charge < -0.3 is 9.52 Å². The second-order valence-electron chi connectivity index (χ2n) is 5.14. The average molecular weight is 288 g/mol. The second-order valence-corrected chi connectivity index (χ2v) is 5.14. The van der Waals surface area contributed by atoms with E-state index in [1.807, 2.05) is 25.1 Å². The zero-order valence-electron chi connectivity index (χ0n) is 11.4. The van der Waals surface area contributed by atoms with Crippen molar-refractivity contribution in [1.82, 2.24) is 0 Å². The maximum absolute atomic E-state index is 13.2. The average Bonchev–Trinajstić information content (AvgIpc) is 2.83. The Morgan fingerprint density at radius 1 is 1.10 bits per heavy atom. The zero-order chi connectivity index (χ0) is 15.0. The molecule has 0 radical (unpaired) electrons. The number of hydrogen-bond donors (Lipinski definition) is 1. The highest BCUT2D eigenvalue weighted by molar-refractivity contribution is 5.80. The van der Waals surface area contributed by atoms with Crippen LogP contribution in [0.1, 0.15) is 23.0 Å². The van der Waals surface area contributed by atoms with Gasteiger partial charge in [-0.25, -0.2) is 8.78 Å². The van der Waals surface area contributed by atoms with E-state index in [-0.39, 0.29) is 6.42 Å². The van der Waals surface area contributed by atoms with Gasteiger partial charge in [0.05, 0.1) is 0 Å². The molecule has 0 bridgehead atoms. The minimum Gasteiger partial charge on any atom is -0.458 e. The van der Waals surface area contributed by atoms with Gasteiger partial charge in [-0.3, -0.25) is 0 Å². The van der Waals surface area contributed by atoms with Gasteiger partial charge in [0.15, 0.2) is 0 Å². The van der Waals surface area contributed by atoms with E-state index < -0.39 is 17.7 Å². The molecule has 1 heterocycles. The molecular weight excluding hydrogens is 274 g/mol. The van der Waals surface area contributed by atoms with Crippen LogP contribution in [0.5, 0.6) is 0 Å². The first-order valence-corrected chi connectivity index (χ1v) is 6.65. The molecule has 21 heavy (non-hydrogen) atoms. The first-order valence-electron chi connectivity index (χ1n) is 6.65. The van der Waals surface area contributed by atoms with Crippen LogP contribution in [-0.2, 0) is 6.42 Å². The normalized spacial score (nSPS) is 12.8. The Morgan fingerprint density at radius 3 is 2.48 bits per heavy atom. The third-order valence-electron chi connectivity index (χ3n) is 3.44. The van der Waals surface area contributed by atoms with Crippen molar-refractivity contribution in [3.05, 3.63) is 71.0 Å². The van der Waals surface area contributed by atoms with E-state index in [9.17, 15) is 13.9 Å². The lowest BCUT2D eigenvalue weighted by Crippen LogP contribution is -2.01. The van der Waals surface area contributed by atoms with Crippen LogP contribution >= 0.6 is 0 Å². The fraction of sp³-hybridized carbons (Fsp3) is 0.176. The molecule has 1 unspecified atom stereocenters. The van der Waals surface area contributed by atoms with Crippen molar-refractivity contribution in [1.29, 1.82) is 0 Å². The van der Waals surface area contributed by atoms with Crippen LogP contribution in [0.4, 0.5) is 8.78 Å². The lowest BCUT2D eigenvalue weighted by Gasteiger charge is -2.08. The van der Waals surface area contributed by atoms with Crippen molar-refractivity contribution in [3.63, 3.8) is 0 Å². The van der Waals surface area contributed by atoms with Crippen LogP contribution in [0.25, 0.3) is 11.0 Å². The number of aryl methyl sites for hydroxylation is 1. The van der Waals surface area contributed by atoms with Crippen LogP contribution in [0.3, 0.4) is 0 Å². The van der Waals surface area contributed by atoms with E-state index in [1.54, 1.807) is 6.07 Å². The molecule has 0 saturated heterocycles. The Bertz CT molecular complexity index is 772. The smallest absolute Gasteiger partial charge is 0.137 e. The largest absolute Gasteiger partial charge is 0.458 e. The highest BCUT2D eigenvalue weighted by Gasteiger charge is 2.15. The van der Waals surface area contributed by atoms with Crippen molar-refractivity contribution >= 4 is 11.0 Å². The molecule has 0 aliphatic heterocycles. The maximum Gasteiger partial charge on any atom is 0.137 e. The molecule has 1 atom stereocenters. The van der Waals surface area contributed by atoms with Gasteiger partial charge in [0.1, 0.15) is 29.1 Å².